The zero-order valence-electron chi connectivity index (χ0n) is 8.72. The Hall–Kier alpha value is -1.52. The number of rotatable bonds is 1. The van der Waals surface area contributed by atoms with Crippen LogP contribution in [0, 0.1) is 11.6 Å². The van der Waals surface area contributed by atoms with Crippen LogP contribution in [0.3, 0.4) is 0 Å². The Labute approximate surface area is 111 Å². The van der Waals surface area contributed by atoms with E-state index < -0.39 is 17.4 Å². The van der Waals surface area contributed by atoms with E-state index in [1.54, 1.807) is 0 Å². The zero-order valence-corrected chi connectivity index (χ0v) is 10.2. The Morgan fingerprint density at radius 3 is 2.17 bits per heavy atom. The minimum atomic E-state index is -0.892. The number of benzene rings is 2. The molecule has 0 heterocycles. The van der Waals surface area contributed by atoms with E-state index in [4.69, 9.17) is 28.3 Å². The molecule has 0 atom stereocenters. The molecule has 6 heteroatoms. The second-order valence-corrected chi connectivity index (χ2v) is 4.38. The molecule has 0 saturated carbocycles. The molecule has 2 nitrogen and oxygen atoms in total. The lowest BCUT2D eigenvalue weighted by molar-refractivity contribution is 0.467. The van der Waals surface area contributed by atoms with Gasteiger partial charge in [-0.25, -0.2) is 8.78 Å². The molecule has 2 N–H and O–H groups in total. The van der Waals surface area contributed by atoms with Gasteiger partial charge in [0.05, 0.1) is 10.0 Å². The second kappa shape index (κ2) is 4.63. The Morgan fingerprint density at radius 1 is 0.889 bits per heavy atom. The lowest BCUT2D eigenvalue weighted by atomic mass is 10.0. The molecular formula is C12H6Cl2F2O2. The van der Waals surface area contributed by atoms with Crippen LogP contribution >= 0.6 is 23.2 Å². The number of phenols is 2. The quantitative estimate of drug-likeness (QED) is 0.820. The van der Waals surface area contributed by atoms with Gasteiger partial charge in [-0.15, -0.1) is 0 Å². The van der Waals surface area contributed by atoms with E-state index in [0.717, 1.165) is 24.3 Å². The Balaban J connectivity index is 2.77. The third kappa shape index (κ3) is 2.21. The van der Waals surface area contributed by atoms with Crippen LogP contribution in [0.1, 0.15) is 0 Å². The predicted molar refractivity (Wildman–Crippen MR) is 65.1 cm³/mol. The molecule has 2 rings (SSSR count). The van der Waals surface area contributed by atoms with Gasteiger partial charge in [-0.05, 0) is 18.2 Å². The highest BCUT2D eigenvalue weighted by Crippen LogP contribution is 2.41. The smallest absolute Gasteiger partial charge is 0.142 e. The highest BCUT2D eigenvalue weighted by Gasteiger charge is 2.18. The minimum absolute atomic E-state index is 0.163. The van der Waals surface area contributed by atoms with Crippen LogP contribution in [0.2, 0.25) is 10.0 Å². The van der Waals surface area contributed by atoms with Gasteiger partial charge in [-0.1, -0.05) is 23.2 Å². The molecule has 2 aromatic carbocycles. The molecule has 0 radical (unpaired) electrons. The molecule has 0 aromatic heterocycles. The van der Waals surface area contributed by atoms with Crippen molar-refractivity contribution in [3.05, 3.63) is 45.9 Å². The monoisotopic (exact) mass is 290 g/mol. The van der Waals surface area contributed by atoms with Crippen LogP contribution in [0.15, 0.2) is 24.3 Å². The van der Waals surface area contributed by atoms with E-state index in [2.05, 4.69) is 0 Å². The summed E-state index contributed by atoms with van der Waals surface area (Å²) >= 11 is 11.4. The van der Waals surface area contributed by atoms with Crippen molar-refractivity contribution in [3.63, 3.8) is 0 Å². The molecule has 18 heavy (non-hydrogen) atoms. The highest BCUT2D eigenvalue weighted by molar-refractivity contribution is 6.34. The largest absolute Gasteiger partial charge is 0.508 e. The fourth-order valence-electron chi connectivity index (χ4n) is 1.57. The van der Waals surface area contributed by atoms with Crippen LogP contribution in [-0.4, -0.2) is 10.2 Å². The Morgan fingerprint density at radius 2 is 1.56 bits per heavy atom. The van der Waals surface area contributed by atoms with Crippen molar-refractivity contribution in [2.24, 2.45) is 0 Å². The maximum absolute atomic E-state index is 13.7. The van der Waals surface area contributed by atoms with Crippen LogP contribution in [0.5, 0.6) is 11.5 Å². The van der Waals surface area contributed by atoms with Crippen molar-refractivity contribution in [1.29, 1.82) is 0 Å². The summed E-state index contributed by atoms with van der Waals surface area (Å²) in [5, 5.41) is 18.4. The van der Waals surface area contributed by atoms with Gasteiger partial charge >= 0.3 is 0 Å². The van der Waals surface area contributed by atoms with Gasteiger partial charge in [0.15, 0.2) is 0 Å². The Bertz CT molecular complexity index is 607. The van der Waals surface area contributed by atoms with Crippen molar-refractivity contribution >= 4 is 23.2 Å². The molecule has 0 amide bonds. The van der Waals surface area contributed by atoms with Crippen molar-refractivity contribution < 1.29 is 19.0 Å². The highest BCUT2D eigenvalue weighted by atomic mass is 35.5. The van der Waals surface area contributed by atoms with Gasteiger partial charge in [0.2, 0.25) is 0 Å². The van der Waals surface area contributed by atoms with Crippen molar-refractivity contribution in [2.45, 2.75) is 0 Å². The first-order valence-electron chi connectivity index (χ1n) is 4.76. The average Bonchev–Trinajstić information content (AvgIpc) is 2.23. The zero-order chi connectivity index (χ0) is 13.4. The maximum Gasteiger partial charge on any atom is 0.142 e. The lowest BCUT2D eigenvalue weighted by Gasteiger charge is -2.10. The Kier molecular flexibility index (Phi) is 3.32. The van der Waals surface area contributed by atoms with Crippen LogP contribution in [0.25, 0.3) is 11.1 Å². The first kappa shape index (κ1) is 12.9. The summed E-state index contributed by atoms with van der Waals surface area (Å²) in [6, 6.07) is 3.69. The molecule has 0 aliphatic rings. The summed E-state index contributed by atoms with van der Waals surface area (Å²) in [6.45, 7) is 0. The van der Waals surface area contributed by atoms with Crippen molar-refractivity contribution in [3.8, 4) is 22.6 Å². The molecular weight excluding hydrogens is 285 g/mol. The van der Waals surface area contributed by atoms with Gasteiger partial charge in [-0.2, -0.15) is 0 Å². The molecule has 0 aliphatic heterocycles. The van der Waals surface area contributed by atoms with E-state index in [0.29, 0.717) is 0 Å². The van der Waals surface area contributed by atoms with E-state index in [1.165, 1.54) is 0 Å². The summed E-state index contributed by atoms with van der Waals surface area (Å²) in [5.41, 5.74) is -0.407. The van der Waals surface area contributed by atoms with E-state index in [-0.39, 0.29) is 26.9 Å². The predicted octanol–water partition coefficient (Wildman–Crippen LogP) is 4.35. The number of aromatic hydroxyl groups is 2. The standard InChI is InChI=1S/C12H6Cl2F2O2/c13-8-3-6(17)4-10(16)11(8)7-1-5(15)2-9(14)12(7)18/h1-4,17-18H. The normalized spacial score (nSPS) is 10.7. The molecule has 0 bridgehead atoms. The van der Waals surface area contributed by atoms with Gasteiger partial charge in [0, 0.05) is 17.2 Å². The third-order valence-electron chi connectivity index (χ3n) is 2.32. The molecule has 94 valence electrons. The third-order valence-corrected chi connectivity index (χ3v) is 2.91. The first-order chi connectivity index (χ1) is 8.40. The summed E-state index contributed by atoms with van der Waals surface area (Å²) in [7, 11) is 0. The number of phenolic OH excluding ortho intramolecular Hbond substituents is 2. The summed E-state index contributed by atoms with van der Waals surface area (Å²) in [4.78, 5) is 0. The SMILES string of the molecule is Oc1cc(F)c(-c2cc(F)cc(Cl)c2O)c(Cl)c1. The number of halogens is 4. The van der Waals surface area contributed by atoms with Gasteiger partial charge < -0.3 is 10.2 Å². The lowest BCUT2D eigenvalue weighted by Crippen LogP contribution is -1.89. The second-order valence-electron chi connectivity index (χ2n) is 3.57. The maximum atomic E-state index is 13.7. The van der Waals surface area contributed by atoms with Crippen molar-refractivity contribution in [1.82, 2.24) is 0 Å². The summed E-state index contributed by atoms with van der Waals surface area (Å²) in [6.07, 6.45) is 0. The summed E-state index contributed by atoms with van der Waals surface area (Å²) < 4.78 is 26.9. The van der Waals surface area contributed by atoms with Gasteiger partial charge in [0.25, 0.3) is 0 Å². The molecule has 0 unspecified atom stereocenters. The van der Waals surface area contributed by atoms with E-state index in [9.17, 15) is 13.9 Å². The topological polar surface area (TPSA) is 40.5 Å². The number of hydrogen-bond donors (Lipinski definition) is 2. The molecule has 0 saturated heterocycles. The molecule has 0 spiro atoms. The average molecular weight is 291 g/mol. The van der Waals surface area contributed by atoms with Gasteiger partial charge in [0.1, 0.15) is 23.1 Å². The summed E-state index contributed by atoms with van der Waals surface area (Å²) in [5.74, 6) is -2.49. The van der Waals surface area contributed by atoms with Crippen LogP contribution < -0.4 is 0 Å². The van der Waals surface area contributed by atoms with Crippen LogP contribution in [0.4, 0.5) is 8.78 Å². The van der Waals surface area contributed by atoms with E-state index in [1.807, 2.05) is 0 Å². The molecule has 0 fully saturated rings. The van der Waals surface area contributed by atoms with Crippen LogP contribution in [-0.2, 0) is 0 Å². The van der Waals surface area contributed by atoms with Crippen molar-refractivity contribution in [2.75, 3.05) is 0 Å². The minimum Gasteiger partial charge on any atom is -0.508 e. The molecule has 0 aliphatic carbocycles. The number of hydrogen-bond acceptors (Lipinski definition) is 2. The molecule has 2 aromatic rings. The van der Waals surface area contributed by atoms with Gasteiger partial charge in [-0.3, -0.25) is 0 Å². The first-order valence-corrected chi connectivity index (χ1v) is 5.52. The fourth-order valence-corrected chi connectivity index (χ4v) is 2.08. The van der Waals surface area contributed by atoms with E-state index >= 15 is 0 Å². The fraction of sp³-hybridized carbons (Fsp3) is 0.